The minimum atomic E-state index is -3.49. The van der Waals surface area contributed by atoms with Crippen molar-refractivity contribution in [1.82, 2.24) is 9.78 Å². The van der Waals surface area contributed by atoms with Crippen LogP contribution in [0.3, 0.4) is 0 Å². The predicted octanol–water partition coefficient (Wildman–Crippen LogP) is -0.368. The molecule has 0 saturated carbocycles. The van der Waals surface area contributed by atoms with Crippen molar-refractivity contribution in [3.8, 4) is 0 Å². The van der Waals surface area contributed by atoms with Crippen LogP contribution in [0, 0.1) is 0 Å². The van der Waals surface area contributed by atoms with Crippen LogP contribution in [0.5, 0.6) is 0 Å². The average Bonchev–Trinajstić information content (AvgIpc) is 2.28. The molecule has 7 nitrogen and oxygen atoms in total. The number of hydrogen-bond acceptors (Lipinski definition) is 6. The molecule has 0 atom stereocenters. The van der Waals surface area contributed by atoms with Crippen LogP contribution in [0.1, 0.15) is 6.42 Å². The molecule has 0 unspecified atom stereocenters. The van der Waals surface area contributed by atoms with E-state index in [-0.39, 0.29) is 10.6 Å². The standard InChI is InChI=1S/C10H17N3O4S/c1-13-10(14)9(11-5-4-6-17-2)8(7-12-13)18(3,15)16/h7,11H,4-6H2,1-3H3. The highest BCUT2D eigenvalue weighted by molar-refractivity contribution is 7.90. The molecular formula is C10H17N3O4S. The van der Waals surface area contributed by atoms with Crippen LogP contribution in [0.4, 0.5) is 5.69 Å². The molecule has 1 rings (SSSR count). The summed E-state index contributed by atoms with van der Waals surface area (Å²) in [7, 11) is -0.441. The highest BCUT2D eigenvalue weighted by Gasteiger charge is 2.17. The summed E-state index contributed by atoms with van der Waals surface area (Å²) in [6, 6.07) is 0. The van der Waals surface area contributed by atoms with E-state index in [1.54, 1.807) is 7.11 Å². The van der Waals surface area contributed by atoms with Gasteiger partial charge in [-0.3, -0.25) is 4.79 Å². The molecule has 18 heavy (non-hydrogen) atoms. The first-order chi connectivity index (χ1) is 8.38. The van der Waals surface area contributed by atoms with Gasteiger partial charge in [-0.15, -0.1) is 0 Å². The maximum Gasteiger partial charge on any atom is 0.291 e. The smallest absolute Gasteiger partial charge is 0.291 e. The molecule has 0 bridgehead atoms. The normalized spacial score (nSPS) is 11.5. The van der Waals surface area contributed by atoms with Gasteiger partial charge in [0.1, 0.15) is 10.6 Å². The van der Waals surface area contributed by atoms with Crippen LogP contribution < -0.4 is 10.9 Å². The lowest BCUT2D eigenvalue weighted by molar-refractivity contribution is 0.197. The van der Waals surface area contributed by atoms with E-state index in [9.17, 15) is 13.2 Å². The molecule has 1 heterocycles. The van der Waals surface area contributed by atoms with Gasteiger partial charge < -0.3 is 10.1 Å². The number of ether oxygens (including phenoxy) is 1. The Morgan fingerprint density at radius 3 is 2.72 bits per heavy atom. The number of aryl methyl sites for hydroxylation is 1. The van der Waals surface area contributed by atoms with Crippen LogP contribution in [-0.4, -0.2) is 44.7 Å². The third-order valence-corrected chi connectivity index (χ3v) is 3.44. The molecule has 0 aliphatic carbocycles. The Bertz CT molecular complexity index is 565. The number of nitrogens with zero attached hydrogens (tertiary/aromatic N) is 2. The fourth-order valence-electron chi connectivity index (χ4n) is 1.40. The van der Waals surface area contributed by atoms with Crippen molar-refractivity contribution in [3.63, 3.8) is 0 Å². The van der Waals surface area contributed by atoms with E-state index in [4.69, 9.17) is 4.74 Å². The Kier molecular flexibility index (Phi) is 4.85. The summed E-state index contributed by atoms with van der Waals surface area (Å²) in [4.78, 5) is 11.8. The summed E-state index contributed by atoms with van der Waals surface area (Å²) in [5, 5.41) is 6.54. The second-order valence-electron chi connectivity index (χ2n) is 3.86. The lowest BCUT2D eigenvalue weighted by Gasteiger charge is -2.10. The Morgan fingerprint density at radius 1 is 1.50 bits per heavy atom. The monoisotopic (exact) mass is 275 g/mol. The van der Waals surface area contributed by atoms with E-state index in [1.165, 1.54) is 13.2 Å². The van der Waals surface area contributed by atoms with Gasteiger partial charge in [0.15, 0.2) is 9.84 Å². The molecular weight excluding hydrogens is 258 g/mol. The van der Waals surface area contributed by atoms with Gasteiger partial charge in [-0.1, -0.05) is 0 Å². The zero-order chi connectivity index (χ0) is 13.8. The Hall–Kier alpha value is -1.41. The Morgan fingerprint density at radius 2 is 2.17 bits per heavy atom. The van der Waals surface area contributed by atoms with Crippen molar-refractivity contribution in [2.75, 3.05) is 31.8 Å². The number of rotatable bonds is 6. The van der Waals surface area contributed by atoms with Gasteiger partial charge in [-0.05, 0) is 6.42 Å². The number of sulfone groups is 1. The van der Waals surface area contributed by atoms with Gasteiger partial charge >= 0.3 is 0 Å². The molecule has 0 radical (unpaired) electrons. The molecule has 0 aliphatic heterocycles. The van der Waals surface area contributed by atoms with Crippen molar-refractivity contribution >= 4 is 15.5 Å². The number of methoxy groups -OCH3 is 1. The van der Waals surface area contributed by atoms with Gasteiger partial charge in [-0.25, -0.2) is 13.1 Å². The van der Waals surface area contributed by atoms with E-state index >= 15 is 0 Å². The van der Waals surface area contributed by atoms with Crippen molar-refractivity contribution in [3.05, 3.63) is 16.6 Å². The third-order valence-electron chi connectivity index (χ3n) is 2.33. The van der Waals surface area contributed by atoms with E-state index in [0.717, 1.165) is 10.9 Å². The van der Waals surface area contributed by atoms with E-state index in [1.807, 2.05) is 0 Å². The fourth-order valence-corrected chi connectivity index (χ4v) is 2.17. The van der Waals surface area contributed by atoms with E-state index < -0.39 is 15.4 Å². The summed E-state index contributed by atoms with van der Waals surface area (Å²) in [6.07, 6.45) is 2.89. The number of anilines is 1. The summed E-state index contributed by atoms with van der Waals surface area (Å²) in [5.74, 6) is 0. The zero-order valence-electron chi connectivity index (χ0n) is 10.6. The molecule has 1 N–H and O–H groups in total. The van der Waals surface area contributed by atoms with Gasteiger partial charge in [-0.2, -0.15) is 5.10 Å². The molecule has 0 fully saturated rings. The second kappa shape index (κ2) is 5.96. The fraction of sp³-hybridized carbons (Fsp3) is 0.600. The summed E-state index contributed by atoms with van der Waals surface area (Å²) in [5.41, 5.74) is -0.401. The molecule has 0 aromatic carbocycles. The second-order valence-corrected chi connectivity index (χ2v) is 5.84. The average molecular weight is 275 g/mol. The molecule has 0 saturated heterocycles. The Balaban J connectivity index is 3.07. The van der Waals surface area contributed by atoms with Crippen molar-refractivity contribution in [2.24, 2.45) is 7.05 Å². The topological polar surface area (TPSA) is 90.3 Å². The molecule has 1 aromatic rings. The summed E-state index contributed by atoms with van der Waals surface area (Å²) < 4.78 is 29.1. The van der Waals surface area contributed by atoms with Gasteiger partial charge in [0.25, 0.3) is 5.56 Å². The largest absolute Gasteiger partial charge is 0.385 e. The highest BCUT2D eigenvalue weighted by Crippen LogP contribution is 2.15. The Labute approximate surface area is 106 Å². The van der Waals surface area contributed by atoms with Crippen LogP contribution in [0.2, 0.25) is 0 Å². The molecule has 102 valence electrons. The van der Waals surface area contributed by atoms with E-state index in [2.05, 4.69) is 10.4 Å². The number of aromatic nitrogens is 2. The molecule has 1 aromatic heterocycles. The SMILES string of the molecule is COCCCNc1c(S(C)(=O)=O)cnn(C)c1=O. The van der Waals surface area contributed by atoms with Gasteiger partial charge in [0.2, 0.25) is 0 Å². The van der Waals surface area contributed by atoms with Crippen LogP contribution in [-0.2, 0) is 21.6 Å². The van der Waals surface area contributed by atoms with Crippen molar-refractivity contribution in [2.45, 2.75) is 11.3 Å². The highest BCUT2D eigenvalue weighted by atomic mass is 32.2. The molecule has 8 heteroatoms. The van der Waals surface area contributed by atoms with Crippen LogP contribution >= 0.6 is 0 Å². The molecule has 0 amide bonds. The van der Waals surface area contributed by atoms with Crippen LogP contribution in [0.15, 0.2) is 15.9 Å². The van der Waals surface area contributed by atoms with Crippen molar-refractivity contribution in [1.29, 1.82) is 0 Å². The minimum Gasteiger partial charge on any atom is -0.385 e. The minimum absolute atomic E-state index is 0.0612. The zero-order valence-corrected chi connectivity index (χ0v) is 11.5. The maximum atomic E-state index is 11.8. The third kappa shape index (κ3) is 3.54. The number of nitrogens with one attached hydrogen (secondary N) is 1. The first-order valence-electron chi connectivity index (χ1n) is 5.37. The van der Waals surface area contributed by atoms with Gasteiger partial charge in [0.05, 0.1) is 6.20 Å². The van der Waals surface area contributed by atoms with Gasteiger partial charge in [0, 0.05) is 33.6 Å². The predicted molar refractivity (Wildman–Crippen MR) is 67.6 cm³/mol. The first-order valence-corrected chi connectivity index (χ1v) is 7.26. The summed E-state index contributed by atoms with van der Waals surface area (Å²) in [6.45, 7) is 0.988. The molecule has 0 spiro atoms. The maximum absolute atomic E-state index is 11.8. The van der Waals surface area contributed by atoms with Crippen molar-refractivity contribution < 1.29 is 13.2 Å². The number of hydrogen-bond donors (Lipinski definition) is 1. The quantitative estimate of drug-likeness (QED) is 0.713. The van der Waals surface area contributed by atoms with Crippen LogP contribution in [0.25, 0.3) is 0 Å². The van der Waals surface area contributed by atoms with E-state index in [0.29, 0.717) is 19.6 Å². The lowest BCUT2D eigenvalue weighted by Crippen LogP contribution is -2.26. The summed E-state index contributed by atoms with van der Waals surface area (Å²) >= 11 is 0. The lowest BCUT2D eigenvalue weighted by atomic mass is 10.4. The first kappa shape index (κ1) is 14.7. The molecule has 0 aliphatic rings.